The minimum atomic E-state index is -5.10. The zero-order chi connectivity index (χ0) is 23.8. The van der Waals surface area contributed by atoms with Gasteiger partial charge in [-0.1, -0.05) is 6.92 Å². The Hall–Kier alpha value is -3.02. The van der Waals surface area contributed by atoms with Gasteiger partial charge in [-0.25, -0.2) is 12.8 Å². The standard InChI is InChI=1S/C20H20F4N2O5S/c1-2-13-16(25)6-7-17-19(13)26(10-11(31-17)3-8-18(27)28)32(29,30)12-4-5-15(21)14(9-12)20(22,23)24/h4-7,9,11H,2-3,8,10,25H2,1H3,(H,27,28). The van der Waals surface area contributed by atoms with Crippen LogP contribution in [0.1, 0.15) is 30.9 Å². The zero-order valence-corrected chi connectivity index (χ0v) is 17.6. The van der Waals surface area contributed by atoms with Gasteiger partial charge in [0.1, 0.15) is 17.7 Å². The fourth-order valence-corrected chi connectivity index (χ4v) is 5.09. The fraction of sp³-hybridized carbons (Fsp3) is 0.350. The molecule has 0 aliphatic carbocycles. The van der Waals surface area contributed by atoms with Crippen molar-refractivity contribution in [3.8, 4) is 5.75 Å². The number of ether oxygens (including phenoxy) is 1. The second-order valence-electron chi connectivity index (χ2n) is 7.18. The van der Waals surface area contributed by atoms with Crippen LogP contribution >= 0.6 is 0 Å². The molecule has 1 unspecified atom stereocenters. The lowest BCUT2D eigenvalue weighted by Gasteiger charge is -2.37. The maximum absolute atomic E-state index is 13.7. The number of hydrogen-bond donors (Lipinski definition) is 2. The number of halogens is 4. The Kier molecular flexibility index (Phi) is 6.27. The van der Waals surface area contributed by atoms with Gasteiger partial charge in [-0.2, -0.15) is 13.2 Å². The fourth-order valence-electron chi connectivity index (χ4n) is 3.53. The van der Waals surface area contributed by atoms with Gasteiger partial charge in [0.2, 0.25) is 0 Å². The lowest BCUT2D eigenvalue weighted by molar-refractivity contribution is -0.140. The van der Waals surface area contributed by atoms with Crippen LogP contribution in [0.2, 0.25) is 0 Å². The molecule has 0 saturated heterocycles. The molecule has 0 radical (unpaired) electrons. The zero-order valence-electron chi connectivity index (χ0n) is 16.8. The van der Waals surface area contributed by atoms with Crippen molar-refractivity contribution < 1.29 is 40.6 Å². The molecule has 1 atom stereocenters. The average Bonchev–Trinajstić information content (AvgIpc) is 2.71. The number of nitrogens with zero attached hydrogens (tertiary/aromatic N) is 1. The van der Waals surface area contributed by atoms with E-state index in [0.29, 0.717) is 18.1 Å². The van der Waals surface area contributed by atoms with Crippen LogP contribution in [-0.4, -0.2) is 32.1 Å². The smallest absolute Gasteiger partial charge is 0.419 e. The van der Waals surface area contributed by atoms with Gasteiger partial charge < -0.3 is 15.6 Å². The highest BCUT2D eigenvalue weighted by Gasteiger charge is 2.39. The van der Waals surface area contributed by atoms with Gasteiger partial charge in [0.25, 0.3) is 10.0 Å². The molecule has 1 aliphatic rings. The molecule has 2 aromatic carbocycles. The van der Waals surface area contributed by atoms with Crippen molar-refractivity contribution in [2.75, 3.05) is 16.6 Å². The maximum Gasteiger partial charge on any atom is 0.419 e. The molecule has 0 bridgehead atoms. The number of aliphatic carboxylic acids is 1. The maximum atomic E-state index is 13.7. The minimum Gasteiger partial charge on any atom is -0.486 e. The van der Waals surface area contributed by atoms with Gasteiger partial charge in [-0.05, 0) is 43.2 Å². The molecule has 3 rings (SSSR count). The number of anilines is 2. The highest BCUT2D eigenvalue weighted by molar-refractivity contribution is 7.92. The summed E-state index contributed by atoms with van der Waals surface area (Å²) >= 11 is 0. The van der Waals surface area contributed by atoms with Crippen molar-refractivity contribution in [2.24, 2.45) is 0 Å². The number of hydrogen-bond acceptors (Lipinski definition) is 5. The second-order valence-corrected chi connectivity index (χ2v) is 9.04. The minimum absolute atomic E-state index is 0.0379. The molecular weight excluding hydrogens is 456 g/mol. The molecule has 0 aromatic heterocycles. The number of nitrogen functional groups attached to an aromatic ring is 1. The number of carboxylic acid groups (broad SMARTS) is 1. The van der Waals surface area contributed by atoms with Gasteiger partial charge in [0.05, 0.1) is 22.7 Å². The molecule has 32 heavy (non-hydrogen) atoms. The number of carboxylic acids is 1. The van der Waals surface area contributed by atoms with Gasteiger partial charge in [0.15, 0.2) is 0 Å². The third kappa shape index (κ3) is 4.45. The van der Waals surface area contributed by atoms with Crippen molar-refractivity contribution in [1.82, 2.24) is 0 Å². The number of alkyl halides is 3. The Morgan fingerprint density at radius 3 is 2.56 bits per heavy atom. The van der Waals surface area contributed by atoms with Gasteiger partial charge >= 0.3 is 12.1 Å². The van der Waals surface area contributed by atoms with E-state index in [2.05, 4.69) is 0 Å². The first-order chi connectivity index (χ1) is 14.9. The third-order valence-electron chi connectivity index (χ3n) is 5.06. The average molecular weight is 476 g/mol. The monoisotopic (exact) mass is 476 g/mol. The first-order valence-corrected chi connectivity index (χ1v) is 11.0. The Bertz CT molecular complexity index is 1150. The third-order valence-corrected chi connectivity index (χ3v) is 6.82. The van der Waals surface area contributed by atoms with E-state index < -0.39 is 44.5 Å². The van der Waals surface area contributed by atoms with Crippen molar-refractivity contribution >= 4 is 27.4 Å². The largest absolute Gasteiger partial charge is 0.486 e. The summed E-state index contributed by atoms with van der Waals surface area (Å²) in [4.78, 5) is 10.2. The van der Waals surface area contributed by atoms with E-state index in [9.17, 15) is 30.8 Å². The first-order valence-electron chi connectivity index (χ1n) is 9.55. The van der Waals surface area contributed by atoms with E-state index >= 15 is 0 Å². The lowest BCUT2D eigenvalue weighted by atomic mass is 10.0. The summed E-state index contributed by atoms with van der Waals surface area (Å²) in [5.74, 6) is -2.61. The molecule has 0 saturated carbocycles. The number of nitrogens with two attached hydrogens (primary N) is 1. The summed E-state index contributed by atoms with van der Waals surface area (Å²) in [6.45, 7) is 1.37. The Labute approximate surface area is 181 Å². The normalized spacial score (nSPS) is 16.4. The van der Waals surface area contributed by atoms with Crippen molar-refractivity contribution in [1.29, 1.82) is 0 Å². The molecule has 1 heterocycles. The van der Waals surface area contributed by atoms with Crippen molar-refractivity contribution in [3.63, 3.8) is 0 Å². The Balaban J connectivity index is 2.16. The van der Waals surface area contributed by atoms with Crippen LogP contribution in [-0.2, 0) is 27.4 Å². The van der Waals surface area contributed by atoms with Crippen LogP contribution < -0.4 is 14.8 Å². The summed E-state index contributed by atoms with van der Waals surface area (Å²) in [6.07, 6.45) is -6.02. The van der Waals surface area contributed by atoms with Crippen LogP contribution in [0.15, 0.2) is 35.2 Å². The number of fused-ring (bicyclic) bond motifs is 1. The van der Waals surface area contributed by atoms with Gasteiger partial charge in [-0.3, -0.25) is 9.10 Å². The highest BCUT2D eigenvalue weighted by atomic mass is 32.2. The summed E-state index contributed by atoms with van der Waals surface area (Å²) in [5.41, 5.74) is 5.00. The van der Waals surface area contributed by atoms with Crippen molar-refractivity contribution in [2.45, 2.75) is 43.4 Å². The predicted octanol–water partition coefficient (Wildman–Crippen LogP) is 3.81. The van der Waals surface area contributed by atoms with E-state index in [0.717, 1.165) is 10.4 Å². The van der Waals surface area contributed by atoms with Gasteiger partial charge in [0, 0.05) is 17.7 Å². The van der Waals surface area contributed by atoms with E-state index in [1.165, 1.54) is 12.1 Å². The van der Waals surface area contributed by atoms with Crippen LogP contribution in [0.5, 0.6) is 5.75 Å². The molecule has 12 heteroatoms. The summed E-state index contributed by atoms with van der Waals surface area (Å²) in [6, 6.07) is 4.36. The van der Waals surface area contributed by atoms with Crippen LogP contribution in [0.4, 0.5) is 28.9 Å². The van der Waals surface area contributed by atoms with E-state index in [1.54, 1.807) is 6.92 Å². The van der Waals surface area contributed by atoms with Gasteiger partial charge in [-0.15, -0.1) is 0 Å². The van der Waals surface area contributed by atoms with Crippen LogP contribution in [0.3, 0.4) is 0 Å². The Morgan fingerprint density at radius 1 is 1.28 bits per heavy atom. The number of benzene rings is 2. The predicted molar refractivity (Wildman–Crippen MR) is 107 cm³/mol. The van der Waals surface area contributed by atoms with Crippen LogP contribution in [0, 0.1) is 5.82 Å². The molecule has 1 aliphatic heterocycles. The quantitative estimate of drug-likeness (QED) is 0.485. The lowest BCUT2D eigenvalue weighted by Crippen LogP contribution is -2.44. The molecule has 2 aromatic rings. The van der Waals surface area contributed by atoms with Crippen molar-refractivity contribution in [3.05, 3.63) is 47.3 Å². The topological polar surface area (TPSA) is 110 Å². The molecule has 7 nitrogen and oxygen atoms in total. The summed E-state index contributed by atoms with van der Waals surface area (Å²) in [7, 11) is -4.61. The second kappa shape index (κ2) is 8.49. The van der Waals surface area contributed by atoms with E-state index in [1.807, 2.05) is 0 Å². The molecule has 0 spiro atoms. The summed E-state index contributed by atoms with van der Waals surface area (Å²) < 4.78 is 86.7. The molecule has 0 amide bonds. The molecule has 174 valence electrons. The highest BCUT2D eigenvalue weighted by Crippen LogP contribution is 2.43. The van der Waals surface area contributed by atoms with E-state index in [-0.39, 0.29) is 42.6 Å². The summed E-state index contributed by atoms with van der Waals surface area (Å²) in [5, 5.41) is 8.95. The Morgan fingerprint density at radius 2 is 1.97 bits per heavy atom. The number of carbonyl (C=O) groups is 1. The number of rotatable bonds is 6. The number of sulfonamides is 1. The molecule has 0 fully saturated rings. The van der Waals surface area contributed by atoms with Crippen LogP contribution in [0.25, 0.3) is 0 Å². The molecule has 3 N–H and O–H groups in total. The SMILES string of the molecule is CCc1c(N)ccc2c1N(S(=O)(=O)c1ccc(F)c(C(F)(F)F)c1)CC(CCC(=O)O)O2. The first kappa shape index (κ1) is 23.6. The van der Waals surface area contributed by atoms with E-state index in [4.69, 9.17) is 15.6 Å². The molecular formula is C20H20F4N2O5S.